The molecular weight excluding hydrogens is 228 g/mol. The third kappa shape index (κ3) is 3.14. The fraction of sp³-hybridized carbons (Fsp3) is 0.357. The van der Waals surface area contributed by atoms with Crippen LogP contribution in [0.3, 0.4) is 0 Å². The molecule has 0 saturated heterocycles. The second-order valence-electron chi connectivity index (χ2n) is 4.50. The minimum atomic E-state index is 0.526. The first kappa shape index (κ1) is 12.3. The van der Waals surface area contributed by atoms with E-state index in [1.807, 2.05) is 5.51 Å². The summed E-state index contributed by atoms with van der Waals surface area (Å²) in [6, 6.07) is 9.25. The summed E-state index contributed by atoms with van der Waals surface area (Å²) in [5.41, 5.74) is 5.60. The molecule has 1 aromatic heterocycles. The monoisotopic (exact) mass is 246 g/mol. The molecule has 0 amide bonds. The number of rotatable bonds is 4. The highest BCUT2D eigenvalue weighted by atomic mass is 32.1. The maximum atomic E-state index is 4.28. The van der Waals surface area contributed by atoms with Gasteiger partial charge in [0, 0.05) is 12.6 Å². The van der Waals surface area contributed by atoms with Crippen molar-refractivity contribution < 1.29 is 0 Å². The summed E-state index contributed by atoms with van der Waals surface area (Å²) in [5, 5.41) is 3.42. The molecule has 0 aliphatic rings. The lowest BCUT2D eigenvalue weighted by molar-refractivity contribution is 0.589. The second-order valence-corrected chi connectivity index (χ2v) is 5.35. The molecule has 0 saturated carbocycles. The van der Waals surface area contributed by atoms with E-state index < -0.39 is 0 Å². The number of aromatic nitrogens is 1. The van der Waals surface area contributed by atoms with E-state index in [1.165, 1.54) is 16.0 Å². The van der Waals surface area contributed by atoms with Crippen molar-refractivity contribution in [2.24, 2.45) is 0 Å². The van der Waals surface area contributed by atoms with Gasteiger partial charge in [-0.2, -0.15) is 0 Å². The third-order valence-corrected chi connectivity index (χ3v) is 3.65. The minimum absolute atomic E-state index is 0.526. The van der Waals surface area contributed by atoms with Crippen LogP contribution in [0.15, 0.2) is 29.8 Å². The van der Waals surface area contributed by atoms with Gasteiger partial charge in [0.25, 0.3) is 0 Å². The summed E-state index contributed by atoms with van der Waals surface area (Å²) in [6.45, 7) is 7.31. The summed E-state index contributed by atoms with van der Waals surface area (Å²) in [5.74, 6) is 0. The van der Waals surface area contributed by atoms with E-state index >= 15 is 0 Å². The Morgan fingerprint density at radius 1 is 1.24 bits per heavy atom. The number of benzene rings is 1. The van der Waals surface area contributed by atoms with Crippen molar-refractivity contribution in [2.75, 3.05) is 0 Å². The first-order valence-electron chi connectivity index (χ1n) is 5.89. The van der Waals surface area contributed by atoms with Crippen LogP contribution in [0.4, 0.5) is 0 Å². The van der Waals surface area contributed by atoms with Crippen LogP contribution >= 0.6 is 11.3 Å². The van der Waals surface area contributed by atoms with Crippen molar-refractivity contribution in [1.29, 1.82) is 0 Å². The largest absolute Gasteiger partial charge is 0.310 e. The molecule has 3 heteroatoms. The Labute approximate surface area is 107 Å². The quantitative estimate of drug-likeness (QED) is 0.891. The Morgan fingerprint density at radius 3 is 2.47 bits per heavy atom. The van der Waals surface area contributed by atoms with Gasteiger partial charge in [-0.15, -0.1) is 11.3 Å². The number of nitrogens with zero attached hydrogens (tertiary/aromatic N) is 1. The third-order valence-electron chi connectivity index (χ3n) is 2.68. The molecule has 0 radical (unpaired) electrons. The molecule has 0 bridgehead atoms. The second kappa shape index (κ2) is 5.43. The summed E-state index contributed by atoms with van der Waals surface area (Å²) >= 11 is 1.70. The normalized spacial score (nSPS) is 11.1. The van der Waals surface area contributed by atoms with Crippen LogP contribution in [-0.4, -0.2) is 11.0 Å². The van der Waals surface area contributed by atoms with Gasteiger partial charge in [0.05, 0.1) is 16.1 Å². The van der Waals surface area contributed by atoms with E-state index in [1.54, 1.807) is 11.3 Å². The maximum Gasteiger partial charge on any atom is 0.0801 e. The topological polar surface area (TPSA) is 24.9 Å². The van der Waals surface area contributed by atoms with Gasteiger partial charge in [0.1, 0.15) is 0 Å². The predicted octanol–water partition coefficient (Wildman–Crippen LogP) is 3.62. The van der Waals surface area contributed by atoms with Crippen LogP contribution in [0.25, 0.3) is 10.4 Å². The molecule has 17 heavy (non-hydrogen) atoms. The lowest BCUT2D eigenvalue weighted by Crippen LogP contribution is -2.21. The van der Waals surface area contributed by atoms with Crippen molar-refractivity contribution in [3.63, 3.8) is 0 Å². The summed E-state index contributed by atoms with van der Waals surface area (Å²) in [7, 11) is 0. The van der Waals surface area contributed by atoms with Crippen molar-refractivity contribution in [2.45, 2.75) is 33.4 Å². The molecule has 1 aromatic carbocycles. The molecule has 1 N–H and O–H groups in total. The van der Waals surface area contributed by atoms with E-state index in [9.17, 15) is 0 Å². The number of thiazole rings is 1. The van der Waals surface area contributed by atoms with Crippen LogP contribution in [0.1, 0.15) is 25.1 Å². The first-order valence-corrected chi connectivity index (χ1v) is 6.77. The smallest absolute Gasteiger partial charge is 0.0801 e. The van der Waals surface area contributed by atoms with Gasteiger partial charge in [-0.1, -0.05) is 38.1 Å². The SMILES string of the molecule is Cc1ncsc1-c1ccc(CNC(C)C)cc1. The summed E-state index contributed by atoms with van der Waals surface area (Å²) in [6.07, 6.45) is 0. The molecule has 2 rings (SSSR count). The lowest BCUT2D eigenvalue weighted by atomic mass is 10.1. The van der Waals surface area contributed by atoms with Gasteiger partial charge in [0.15, 0.2) is 0 Å². The van der Waals surface area contributed by atoms with E-state index in [0.717, 1.165) is 12.2 Å². The van der Waals surface area contributed by atoms with Crippen molar-refractivity contribution in [3.8, 4) is 10.4 Å². The van der Waals surface area contributed by atoms with Gasteiger partial charge >= 0.3 is 0 Å². The molecular formula is C14H18N2S. The molecule has 0 spiro atoms. The molecule has 2 nitrogen and oxygen atoms in total. The van der Waals surface area contributed by atoms with Gasteiger partial charge in [-0.05, 0) is 18.1 Å². The molecule has 0 unspecified atom stereocenters. The van der Waals surface area contributed by atoms with Gasteiger partial charge < -0.3 is 5.32 Å². The Hall–Kier alpha value is -1.19. The van der Waals surface area contributed by atoms with Crippen molar-refractivity contribution in [1.82, 2.24) is 10.3 Å². The predicted molar refractivity (Wildman–Crippen MR) is 74.3 cm³/mol. The molecule has 1 heterocycles. The van der Waals surface area contributed by atoms with Crippen LogP contribution in [0, 0.1) is 6.92 Å². The van der Waals surface area contributed by atoms with E-state index in [2.05, 4.69) is 55.3 Å². The van der Waals surface area contributed by atoms with Crippen LogP contribution in [0.5, 0.6) is 0 Å². The Balaban J connectivity index is 2.11. The molecule has 0 aliphatic carbocycles. The van der Waals surface area contributed by atoms with Crippen LogP contribution < -0.4 is 5.32 Å². The Bertz CT molecular complexity index is 471. The molecule has 0 aliphatic heterocycles. The number of nitrogens with one attached hydrogen (secondary N) is 1. The molecule has 2 aromatic rings. The lowest BCUT2D eigenvalue weighted by Gasteiger charge is -2.08. The first-order chi connectivity index (χ1) is 8.16. The fourth-order valence-electron chi connectivity index (χ4n) is 1.67. The van der Waals surface area contributed by atoms with Crippen LogP contribution in [-0.2, 0) is 6.54 Å². The van der Waals surface area contributed by atoms with E-state index in [-0.39, 0.29) is 0 Å². The number of hydrogen-bond donors (Lipinski definition) is 1. The fourth-order valence-corrected chi connectivity index (χ4v) is 2.49. The minimum Gasteiger partial charge on any atom is -0.310 e. The van der Waals surface area contributed by atoms with E-state index in [0.29, 0.717) is 6.04 Å². The zero-order chi connectivity index (χ0) is 12.3. The highest BCUT2D eigenvalue weighted by Crippen LogP contribution is 2.27. The number of hydrogen-bond acceptors (Lipinski definition) is 3. The summed E-state index contributed by atoms with van der Waals surface area (Å²) in [4.78, 5) is 5.55. The van der Waals surface area contributed by atoms with Gasteiger partial charge in [-0.3, -0.25) is 0 Å². The Kier molecular flexibility index (Phi) is 3.92. The molecule has 90 valence electrons. The molecule has 0 fully saturated rings. The molecule has 0 atom stereocenters. The number of aryl methyl sites for hydroxylation is 1. The highest BCUT2D eigenvalue weighted by molar-refractivity contribution is 7.13. The highest BCUT2D eigenvalue weighted by Gasteiger charge is 2.04. The zero-order valence-electron chi connectivity index (χ0n) is 10.5. The maximum absolute atomic E-state index is 4.28. The summed E-state index contributed by atoms with van der Waals surface area (Å²) < 4.78 is 0. The van der Waals surface area contributed by atoms with Crippen LogP contribution in [0.2, 0.25) is 0 Å². The van der Waals surface area contributed by atoms with Crippen molar-refractivity contribution in [3.05, 3.63) is 41.0 Å². The van der Waals surface area contributed by atoms with Crippen molar-refractivity contribution >= 4 is 11.3 Å². The van der Waals surface area contributed by atoms with Gasteiger partial charge in [-0.25, -0.2) is 4.98 Å². The Morgan fingerprint density at radius 2 is 1.94 bits per heavy atom. The average Bonchev–Trinajstić information content (AvgIpc) is 2.73. The van der Waals surface area contributed by atoms with Gasteiger partial charge in [0.2, 0.25) is 0 Å². The van der Waals surface area contributed by atoms with E-state index in [4.69, 9.17) is 0 Å². The zero-order valence-corrected chi connectivity index (χ0v) is 11.3. The average molecular weight is 246 g/mol. The standard InChI is InChI=1S/C14H18N2S/c1-10(2)15-8-12-4-6-13(7-5-12)14-11(3)16-9-17-14/h4-7,9-10,15H,8H2,1-3H3.